The molecule has 0 amide bonds. The first-order valence-corrected chi connectivity index (χ1v) is 8.44. The summed E-state index contributed by atoms with van der Waals surface area (Å²) in [4.78, 5) is 4.64. The third-order valence-electron chi connectivity index (χ3n) is 2.83. The summed E-state index contributed by atoms with van der Waals surface area (Å²) in [6.45, 7) is 2.40. The van der Waals surface area contributed by atoms with E-state index in [4.69, 9.17) is 0 Å². The van der Waals surface area contributed by atoms with Crippen LogP contribution in [0.5, 0.6) is 0 Å². The molecule has 0 aliphatic heterocycles. The third-order valence-corrected chi connectivity index (χ3v) is 6.15. The maximum absolute atomic E-state index is 13.2. The van der Waals surface area contributed by atoms with Crippen molar-refractivity contribution < 1.29 is 13.2 Å². The molecular weight excluding hydrogens is 433 g/mol. The highest BCUT2D eigenvalue weighted by atomic mass is 79.9. The number of halogens is 5. The Bertz CT molecular complexity index is 609. The van der Waals surface area contributed by atoms with Gasteiger partial charge in [-0.3, -0.25) is 4.98 Å². The van der Waals surface area contributed by atoms with E-state index < -0.39 is 17.8 Å². The number of rotatable bonds is 4. The number of alkyl halides is 3. The molecule has 2 aromatic heterocycles. The maximum Gasteiger partial charge on any atom is 0.416 e. The fourth-order valence-electron chi connectivity index (χ4n) is 1.97. The number of nitrogens with zero attached hydrogens (tertiary/aromatic N) is 1. The predicted octanol–water partition coefficient (Wildman–Crippen LogP) is 5.39. The summed E-state index contributed by atoms with van der Waals surface area (Å²) in [6, 6.07) is 2.28. The van der Waals surface area contributed by atoms with Gasteiger partial charge in [-0.25, -0.2) is 0 Å². The average molecular weight is 444 g/mol. The van der Waals surface area contributed by atoms with Gasteiger partial charge in [0.05, 0.1) is 15.4 Å². The monoisotopic (exact) mass is 442 g/mol. The highest BCUT2D eigenvalue weighted by Crippen LogP contribution is 2.41. The first-order valence-electron chi connectivity index (χ1n) is 6.03. The minimum atomic E-state index is -4.41. The lowest BCUT2D eigenvalue weighted by Gasteiger charge is -2.21. The van der Waals surface area contributed by atoms with E-state index in [9.17, 15) is 13.2 Å². The van der Waals surface area contributed by atoms with E-state index in [1.807, 2.05) is 13.0 Å². The first-order chi connectivity index (χ1) is 9.84. The van der Waals surface area contributed by atoms with Crippen LogP contribution in [0.4, 0.5) is 13.2 Å². The smallest absolute Gasteiger partial charge is 0.306 e. The number of thiophene rings is 1. The molecule has 2 rings (SSSR count). The molecule has 0 aliphatic rings. The number of nitrogens with one attached hydrogen (secondary N) is 1. The van der Waals surface area contributed by atoms with Gasteiger partial charge in [-0.1, -0.05) is 6.92 Å². The van der Waals surface area contributed by atoms with Crippen LogP contribution >= 0.6 is 43.2 Å². The Labute approximate surface area is 141 Å². The topological polar surface area (TPSA) is 24.9 Å². The normalized spacial score (nSPS) is 13.4. The van der Waals surface area contributed by atoms with E-state index in [0.717, 1.165) is 25.4 Å². The van der Waals surface area contributed by atoms with Gasteiger partial charge in [0.15, 0.2) is 0 Å². The Morgan fingerprint density at radius 3 is 2.62 bits per heavy atom. The van der Waals surface area contributed by atoms with E-state index in [2.05, 4.69) is 42.2 Å². The van der Waals surface area contributed by atoms with Crippen molar-refractivity contribution in [1.29, 1.82) is 0 Å². The summed E-state index contributed by atoms with van der Waals surface area (Å²) in [5, 5.41) is 3.10. The molecular formula is C13H11Br2F3N2S. The van der Waals surface area contributed by atoms with Gasteiger partial charge in [0.1, 0.15) is 0 Å². The van der Waals surface area contributed by atoms with Crippen molar-refractivity contribution in [3.63, 3.8) is 0 Å². The SMILES string of the molecule is CCNC(c1cc(Br)c(Br)s1)c1cnccc1C(F)(F)F. The van der Waals surface area contributed by atoms with E-state index in [1.165, 1.54) is 17.5 Å². The van der Waals surface area contributed by atoms with Gasteiger partial charge in [0, 0.05) is 27.3 Å². The molecule has 0 aromatic carbocycles. The molecule has 0 aliphatic carbocycles. The van der Waals surface area contributed by atoms with Crippen molar-refractivity contribution in [1.82, 2.24) is 10.3 Å². The van der Waals surface area contributed by atoms with Crippen LogP contribution in [-0.4, -0.2) is 11.5 Å². The van der Waals surface area contributed by atoms with Crippen molar-refractivity contribution in [2.24, 2.45) is 0 Å². The van der Waals surface area contributed by atoms with Gasteiger partial charge in [-0.05, 0) is 50.5 Å². The maximum atomic E-state index is 13.2. The van der Waals surface area contributed by atoms with Crippen molar-refractivity contribution >= 4 is 43.2 Å². The molecule has 0 spiro atoms. The molecule has 114 valence electrons. The Kier molecular flexibility index (Phi) is 5.45. The van der Waals surface area contributed by atoms with Crippen LogP contribution in [0, 0.1) is 0 Å². The van der Waals surface area contributed by atoms with E-state index >= 15 is 0 Å². The lowest BCUT2D eigenvalue weighted by atomic mass is 10.0. The van der Waals surface area contributed by atoms with Crippen LogP contribution in [0.2, 0.25) is 0 Å². The van der Waals surface area contributed by atoms with Crippen molar-refractivity contribution in [2.75, 3.05) is 6.54 Å². The third kappa shape index (κ3) is 3.85. The Morgan fingerprint density at radius 1 is 1.38 bits per heavy atom. The number of pyridine rings is 1. The van der Waals surface area contributed by atoms with Crippen molar-refractivity contribution in [2.45, 2.75) is 19.1 Å². The minimum absolute atomic E-state index is 0.133. The highest BCUT2D eigenvalue weighted by molar-refractivity contribution is 9.13. The molecule has 21 heavy (non-hydrogen) atoms. The van der Waals surface area contributed by atoms with Gasteiger partial charge >= 0.3 is 6.18 Å². The second-order valence-electron chi connectivity index (χ2n) is 4.22. The standard InChI is InChI=1S/C13H11Br2F3N2S/c1-2-20-11(10-5-9(14)12(15)21-10)7-6-19-4-3-8(7)13(16,17)18/h3-6,11,20H,2H2,1H3. The van der Waals surface area contributed by atoms with E-state index in [-0.39, 0.29) is 5.56 Å². The highest BCUT2D eigenvalue weighted by Gasteiger charge is 2.36. The molecule has 2 aromatic rings. The van der Waals surface area contributed by atoms with Crippen LogP contribution in [0.15, 0.2) is 32.8 Å². The van der Waals surface area contributed by atoms with Crippen LogP contribution in [-0.2, 0) is 6.18 Å². The molecule has 0 radical (unpaired) electrons. The molecule has 0 bridgehead atoms. The van der Waals surface area contributed by atoms with E-state index in [0.29, 0.717) is 6.54 Å². The summed E-state index contributed by atoms with van der Waals surface area (Å²) >= 11 is 8.12. The van der Waals surface area contributed by atoms with Gasteiger partial charge < -0.3 is 5.32 Å². The van der Waals surface area contributed by atoms with Crippen LogP contribution in [0.25, 0.3) is 0 Å². The summed E-state index contributed by atoms with van der Waals surface area (Å²) in [7, 11) is 0. The first kappa shape index (κ1) is 16.9. The lowest BCUT2D eigenvalue weighted by Crippen LogP contribution is -2.24. The Balaban J connectivity index is 2.53. The van der Waals surface area contributed by atoms with Crippen LogP contribution in [0.3, 0.4) is 0 Å². The van der Waals surface area contributed by atoms with Crippen LogP contribution < -0.4 is 5.32 Å². The zero-order valence-corrected chi connectivity index (χ0v) is 14.8. The molecule has 0 saturated heterocycles. The van der Waals surface area contributed by atoms with Gasteiger partial charge in [-0.2, -0.15) is 13.2 Å². The molecule has 0 fully saturated rings. The number of hydrogen-bond acceptors (Lipinski definition) is 3. The average Bonchev–Trinajstić information content (AvgIpc) is 2.75. The predicted molar refractivity (Wildman–Crippen MR) is 84.5 cm³/mol. The summed E-state index contributed by atoms with van der Waals surface area (Å²) in [6.07, 6.45) is -1.97. The zero-order valence-electron chi connectivity index (χ0n) is 10.8. The molecule has 2 heterocycles. The van der Waals surface area contributed by atoms with Gasteiger partial charge in [-0.15, -0.1) is 11.3 Å². The lowest BCUT2D eigenvalue weighted by molar-refractivity contribution is -0.138. The zero-order chi connectivity index (χ0) is 15.6. The number of hydrogen-bond donors (Lipinski definition) is 1. The summed E-state index contributed by atoms with van der Waals surface area (Å²) in [5.41, 5.74) is -0.530. The second kappa shape index (κ2) is 6.76. The molecule has 8 heteroatoms. The summed E-state index contributed by atoms with van der Waals surface area (Å²) in [5.74, 6) is 0. The Hall–Kier alpha value is -0.440. The largest absolute Gasteiger partial charge is 0.416 e. The quantitative estimate of drug-likeness (QED) is 0.685. The number of aromatic nitrogens is 1. The molecule has 0 saturated carbocycles. The van der Waals surface area contributed by atoms with Gasteiger partial charge in [0.25, 0.3) is 0 Å². The fraction of sp³-hybridized carbons (Fsp3) is 0.308. The molecule has 1 atom stereocenters. The minimum Gasteiger partial charge on any atom is -0.306 e. The Morgan fingerprint density at radius 2 is 2.10 bits per heavy atom. The van der Waals surface area contributed by atoms with E-state index in [1.54, 1.807) is 0 Å². The van der Waals surface area contributed by atoms with Crippen molar-refractivity contribution in [3.05, 3.63) is 48.8 Å². The summed E-state index contributed by atoms with van der Waals surface area (Å²) < 4.78 is 41.2. The molecule has 1 unspecified atom stereocenters. The van der Waals surface area contributed by atoms with Crippen LogP contribution in [0.1, 0.15) is 29.0 Å². The fourth-order valence-corrected chi connectivity index (χ4v) is 4.15. The van der Waals surface area contributed by atoms with Gasteiger partial charge in [0.2, 0.25) is 0 Å². The molecule has 1 N–H and O–H groups in total. The second-order valence-corrected chi connectivity index (χ2v) is 7.48. The molecule has 2 nitrogen and oxygen atoms in total. The van der Waals surface area contributed by atoms with Crippen molar-refractivity contribution in [3.8, 4) is 0 Å².